The van der Waals surface area contributed by atoms with Crippen molar-refractivity contribution in [1.29, 1.82) is 0 Å². The van der Waals surface area contributed by atoms with Gasteiger partial charge in [-0.1, -0.05) is 39.5 Å². The maximum absolute atomic E-state index is 6.22. The van der Waals surface area contributed by atoms with Crippen LogP contribution in [0.3, 0.4) is 0 Å². The molecule has 1 N–H and O–H groups in total. The molecule has 0 radical (unpaired) electrons. The van der Waals surface area contributed by atoms with E-state index in [0.29, 0.717) is 5.38 Å². The predicted molar refractivity (Wildman–Crippen MR) is 77.8 cm³/mol. The molecule has 0 aromatic rings. The Morgan fingerprint density at radius 2 is 2.12 bits per heavy atom. The first kappa shape index (κ1) is 15.3. The molecule has 0 saturated heterocycles. The zero-order valence-electron chi connectivity index (χ0n) is 11.7. The molecule has 0 heterocycles. The van der Waals surface area contributed by atoms with Crippen LogP contribution in [0.5, 0.6) is 0 Å². The van der Waals surface area contributed by atoms with E-state index < -0.39 is 0 Å². The first-order valence-electron chi connectivity index (χ1n) is 7.61. The molecule has 1 aliphatic rings. The third kappa shape index (κ3) is 6.67. The fourth-order valence-corrected chi connectivity index (χ4v) is 3.25. The average molecular weight is 260 g/mol. The summed E-state index contributed by atoms with van der Waals surface area (Å²) < 4.78 is 0. The van der Waals surface area contributed by atoms with E-state index >= 15 is 0 Å². The van der Waals surface area contributed by atoms with E-state index in [0.717, 1.165) is 11.8 Å². The Kier molecular flexibility index (Phi) is 8.30. The molecule has 0 aromatic heterocycles. The molecule has 0 spiro atoms. The quantitative estimate of drug-likeness (QED) is 0.629. The van der Waals surface area contributed by atoms with Gasteiger partial charge in [-0.3, -0.25) is 0 Å². The summed E-state index contributed by atoms with van der Waals surface area (Å²) in [5, 5.41) is 4.12. The van der Waals surface area contributed by atoms with E-state index in [1.54, 1.807) is 0 Å². The predicted octanol–water partition coefficient (Wildman–Crippen LogP) is 4.59. The van der Waals surface area contributed by atoms with Gasteiger partial charge in [0.15, 0.2) is 0 Å². The summed E-state index contributed by atoms with van der Waals surface area (Å²) in [4.78, 5) is 0. The fourth-order valence-electron chi connectivity index (χ4n) is 2.85. The summed E-state index contributed by atoms with van der Waals surface area (Å²) >= 11 is 6.22. The number of nitrogens with one attached hydrogen (secondary N) is 1. The van der Waals surface area contributed by atoms with Crippen molar-refractivity contribution in [3.63, 3.8) is 0 Å². The van der Waals surface area contributed by atoms with Crippen molar-refractivity contribution in [2.75, 3.05) is 13.1 Å². The summed E-state index contributed by atoms with van der Waals surface area (Å²) in [7, 11) is 0. The highest BCUT2D eigenvalue weighted by atomic mass is 35.5. The monoisotopic (exact) mass is 259 g/mol. The molecule has 1 nitrogen and oxygen atoms in total. The number of hydrogen-bond acceptors (Lipinski definition) is 1. The van der Waals surface area contributed by atoms with Crippen LogP contribution >= 0.6 is 11.6 Å². The van der Waals surface area contributed by atoms with Gasteiger partial charge in [-0.15, -0.1) is 11.6 Å². The molecule has 3 atom stereocenters. The summed E-state index contributed by atoms with van der Waals surface area (Å²) in [6.45, 7) is 6.99. The summed E-state index contributed by atoms with van der Waals surface area (Å²) in [5.74, 6) is 1.71. The van der Waals surface area contributed by atoms with Crippen molar-refractivity contribution in [1.82, 2.24) is 5.32 Å². The third-order valence-electron chi connectivity index (χ3n) is 4.13. The van der Waals surface area contributed by atoms with Crippen molar-refractivity contribution in [3.05, 3.63) is 0 Å². The van der Waals surface area contributed by atoms with Crippen LogP contribution in [0.1, 0.15) is 65.2 Å². The van der Waals surface area contributed by atoms with Crippen LogP contribution in [-0.4, -0.2) is 18.5 Å². The van der Waals surface area contributed by atoms with Crippen LogP contribution in [0.25, 0.3) is 0 Å². The summed E-state index contributed by atoms with van der Waals surface area (Å²) in [5.41, 5.74) is 0. The van der Waals surface area contributed by atoms with Gasteiger partial charge in [-0.2, -0.15) is 0 Å². The minimum Gasteiger partial charge on any atom is -0.316 e. The normalized spacial score (nSPS) is 27.0. The molecule has 1 saturated carbocycles. The highest BCUT2D eigenvalue weighted by molar-refractivity contribution is 6.20. The molecule has 0 bridgehead atoms. The zero-order valence-corrected chi connectivity index (χ0v) is 12.4. The fraction of sp³-hybridized carbons (Fsp3) is 1.00. The van der Waals surface area contributed by atoms with Crippen molar-refractivity contribution in [2.45, 2.75) is 70.6 Å². The van der Waals surface area contributed by atoms with E-state index in [9.17, 15) is 0 Å². The van der Waals surface area contributed by atoms with Gasteiger partial charge in [0.1, 0.15) is 0 Å². The summed E-state index contributed by atoms with van der Waals surface area (Å²) in [6.07, 6.45) is 10.6. The van der Waals surface area contributed by atoms with E-state index in [1.165, 1.54) is 64.5 Å². The lowest BCUT2D eigenvalue weighted by Crippen LogP contribution is -2.31. The second-order valence-electron chi connectivity index (χ2n) is 5.70. The Labute approximate surface area is 113 Å². The lowest BCUT2D eigenvalue weighted by atomic mass is 9.88. The Balaban J connectivity index is 2.08. The minimum absolute atomic E-state index is 0.442. The second-order valence-corrected chi connectivity index (χ2v) is 6.32. The molecular formula is C15H30ClN. The number of halogens is 1. The van der Waals surface area contributed by atoms with Crippen molar-refractivity contribution in [2.24, 2.45) is 11.8 Å². The molecule has 3 unspecified atom stereocenters. The minimum atomic E-state index is 0.442. The van der Waals surface area contributed by atoms with Gasteiger partial charge in [0.25, 0.3) is 0 Å². The van der Waals surface area contributed by atoms with Gasteiger partial charge in [-0.05, 0) is 50.6 Å². The van der Waals surface area contributed by atoms with Gasteiger partial charge in [-0.25, -0.2) is 0 Å². The van der Waals surface area contributed by atoms with Crippen LogP contribution in [0.2, 0.25) is 0 Å². The number of hydrogen-bond donors (Lipinski definition) is 1. The van der Waals surface area contributed by atoms with Gasteiger partial charge in [0.05, 0.1) is 0 Å². The number of unbranched alkanes of at least 4 members (excludes halogenated alkanes) is 1. The maximum Gasteiger partial charge on any atom is 0.0339 e. The topological polar surface area (TPSA) is 12.0 Å². The molecule has 0 aromatic carbocycles. The van der Waals surface area contributed by atoms with E-state index in [-0.39, 0.29) is 0 Å². The van der Waals surface area contributed by atoms with Gasteiger partial charge in [0, 0.05) is 5.38 Å². The average Bonchev–Trinajstić information content (AvgIpc) is 2.33. The first-order valence-corrected chi connectivity index (χ1v) is 8.04. The zero-order chi connectivity index (χ0) is 12.5. The number of rotatable bonds is 8. The standard InChI is InChI=1S/C15H30ClN/c1-3-5-7-13(4-2)11-17-12-14-8-6-9-15(16)10-14/h13-15,17H,3-12H2,1-2H3. The highest BCUT2D eigenvalue weighted by Gasteiger charge is 2.19. The van der Waals surface area contributed by atoms with Crippen LogP contribution < -0.4 is 5.32 Å². The molecule has 0 aliphatic heterocycles. The largest absolute Gasteiger partial charge is 0.316 e. The molecule has 1 aliphatic carbocycles. The van der Waals surface area contributed by atoms with Gasteiger partial charge in [0.2, 0.25) is 0 Å². The smallest absolute Gasteiger partial charge is 0.0339 e. The molecule has 2 heteroatoms. The van der Waals surface area contributed by atoms with E-state index in [2.05, 4.69) is 19.2 Å². The Hall–Kier alpha value is 0.250. The molecule has 1 fully saturated rings. The van der Waals surface area contributed by atoms with E-state index in [4.69, 9.17) is 11.6 Å². The molecule has 17 heavy (non-hydrogen) atoms. The Bertz CT molecular complexity index is 184. The van der Waals surface area contributed by atoms with Crippen LogP contribution in [-0.2, 0) is 0 Å². The second kappa shape index (κ2) is 9.22. The van der Waals surface area contributed by atoms with Crippen LogP contribution in [0, 0.1) is 11.8 Å². The SMILES string of the molecule is CCCCC(CC)CNCC1CCCC(Cl)C1. The van der Waals surface area contributed by atoms with E-state index in [1.807, 2.05) is 0 Å². The Morgan fingerprint density at radius 3 is 2.76 bits per heavy atom. The first-order chi connectivity index (χ1) is 8.26. The van der Waals surface area contributed by atoms with Gasteiger partial charge >= 0.3 is 0 Å². The van der Waals surface area contributed by atoms with Crippen LogP contribution in [0.4, 0.5) is 0 Å². The lowest BCUT2D eigenvalue weighted by molar-refractivity contribution is 0.328. The summed E-state index contributed by atoms with van der Waals surface area (Å²) in [6, 6.07) is 0. The van der Waals surface area contributed by atoms with Crippen molar-refractivity contribution in [3.8, 4) is 0 Å². The molecular weight excluding hydrogens is 230 g/mol. The van der Waals surface area contributed by atoms with Crippen LogP contribution in [0.15, 0.2) is 0 Å². The van der Waals surface area contributed by atoms with Crippen molar-refractivity contribution >= 4 is 11.6 Å². The Morgan fingerprint density at radius 1 is 1.29 bits per heavy atom. The number of alkyl halides is 1. The van der Waals surface area contributed by atoms with Crippen molar-refractivity contribution < 1.29 is 0 Å². The van der Waals surface area contributed by atoms with Gasteiger partial charge < -0.3 is 5.32 Å². The molecule has 0 amide bonds. The maximum atomic E-state index is 6.22. The lowest BCUT2D eigenvalue weighted by Gasteiger charge is -2.26. The third-order valence-corrected chi connectivity index (χ3v) is 4.52. The molecule has 1 rings (SSSR count). The highest BCUT2D eigenvalue weighted by Crippen LogP contribution is 2.27. The molecule has 102 valence electrons.